The first-order valence-corrected chi connectivity index (χ1v) is 10.7. The van der Waals surface area contributed by atoms with Gasteiger partial charge in [-0.15, -0.1) is 0 Å². The molecule has 34 heavy (non-hydrogen) atoms. The van der Waals surface area contributed by atoms with E-state index in [4.69, 9.17) is 11.6 Å². The molecule has 0 aliphatic heterocycles. The highest BCUT2D eigenvalue weighted by Crippen LogP contribution is 2.22. The van der Waals surface area contributed by atoms with Crippen LogP contribution in [0.3, 0.4) is 0 Å². The standard InChI is InChI=1S/C24H21ClN6O3/c1-14-19(12-26-30(14)2)28-24(34)21-20(13-27-31(21)3)29-23(33)18-7-5-4-6-17(18)22(32)15-8-10-16(25)11-9-15/h4-13H,1-3H3,(H,28,34)(H,29,33). The topological polar surface area (TPSA) is 111 Å². The first-order chi connectivity index (χ1) is 16.3. The average molecular weight is 477 g/mol. The highest BCUT2D eigenvalue weighted by Gasteiger charge is 2.23. The van der Waals surface area contributed by atoms with Gasteiger partial charge >= 0.3 is 0 Å². The van der Waals surface area contributed by atoms with Crippen molar-refractivity contribution in [3.63, 3.8) is 0 Å². The number of amides is 2. The van der Waals surface area contributed by atoms with Crippen LogP contribution in [0.4, 0.5) is 11.4 Å². The molecule has 4 aromatic rings. The fraction of sp³-hybridized carbons (Fsp3) is 0.125. The summed E-state index contributed by atoms with van der Waals surface area (Å²) in [5.41, 5.74) is 2.47. The average Bonchev–Trinajstić information content (AvgIpc) is 3.35. The molecule has 2 aromatic carbocycles. The Labute approximate surface area is 200 Å². The Morgan fingerprint density at radius 3 is 2.03 bits per heavy atom. The van der Waals surface area contributed by atoms with Crippen molar-refractivity contribution in [3.8, 4) is 0 Å². The molecular formula is C24H21ClN6O3. The Kier molecular flexibility index (Phi) is 6.29. The number of benzene rings is 2. The van der Waals surface area contributed by atoms with Crippen LogP contribution in [0, 0.1) is 6.92 Å². The summed E-state index contributed by atoms with van der Waals surface area (Å²) >= 11 is 5.92. The van der Waals surface area contributed by atoms with Crippen molar-refractivity contribution in [1.29, 1.82) is 0 Å². The monoisotopic (exact) mass is 476 g/mol. The van der Waals surface area contributed by atoms with Gasteiger partial charge in [0.25, 0.3) is 11.8 Å². The Morgan fingerprint density at radius 1 is 0.794 bits per heavy atom. The molecule has 4 rings (SSSR count). The highest BCUT2D eigenvalue weighted by atomic mass is 35.5. The predicted molar refractivity (Wildman–Crippen MR) is 128 cm³/mol. The maximum absolute atomic E-state index is 13.2. The van der Waals surface area contributed by atoms with Crippen LogP contribution in [-0.4, -0.2) is 37.2 Å². The largest absolute Gasteiger partial charge is 0.319 e. The van der Waals surface area contributed by atoms with Gasteiger partial charge in [0.05, 0.1) is 35.0 Å². The SMILES string of the molecule is Cc1c(NC(=O)c2c(NC(=O)c3ccccc3C(=O)c3ccc(Cl)cc3)cnn2C)cnn1C. The summed E-state index contributed by atoms with van der Waals surface area (Å²) in [6.45, 7) is 1.82. The van der Waals surface area contributed by atoms with E-state index < -0.39 is 11.8 Å². The van der Waals surface area contributed by atoms with Gasteiger partial charge in [-0.2, -0.15) is 10.2 Å². The van der Waals surface area contributed by atoms with E-state index in [2.05, 4.69) is 20.8 Å². The van der Waals surface area contributed by atoms with E-state index in [1.54, 1.807) is 73.5 Å². The number of aryl methyl sites for hydroxylation is 2. The molecular weight excluding hydrogens is 456 g/mol. The molecule has 2 N–H and O–H groups in total. The van der Waals surface area contributed by atoms with Crippen molar-refractivity contribution in [2.75, 3.05) is 10.6 Å². The molecule has 0 aliphatic rings. The fourth-order valence-electron chi connectivity index (χ4n) is 3.43. The van der Waals surface area contributed by atoms with Crippen LogP contribution in [0.1, 0.15) is 42.5 Å². The molecule has 10 heteroatoms. The Hall–Kier alpha value is -4.24. The number of rotatable bonds is 6. The van der Waals surface area contributed by atoms with E-state index in [9.17, 15) is 14.4 Å². The van der Waals surface area contributed by atoms with E-state index >= 15 is 0 Å². The number of anilines is 2. The van der Waals surface area contributed by atoms with Crippen LogP contribution in [0.2, 0.25) is 5.02 Å². The summed E-state index contributed by atoms with van der Waals surface area (Å²) in [5, 5.41) is 14.2. The summed E-state index contributed by atoms with van der Waals surface area (Å²) in [4.78, 5) is 39.2. The molecule has 9 nitrogen and oxygen atoms in total. The molecule has 172 valence electrons. The van der Waals surface area contributed by atoms with Crippen LogP contribution in [0.5, 0.6) is 0 Å². The summed E-state index contributed by atoms with van der Waals surface area (Å²) in [5.74, 6) is -1.33. The first kappa shape index (κ1) is 22.9. The molecule has 0 aliphatic carbocycles. The van der Waals surface area contributed by atoms with Gasteiger partial charge in [-0.1, -0.05) is 29.8 Å². The highest BCUT2D eigenvalue weighted by molar-refractivity contribution is 6.30. The molecule has 2 aromatic heterocycles. The number of ketones is 1. The third-order valence-electron chi connectivity index (χ3n) is 5.41. The second kappa shape index (κ2) is 9.32. The third-order valence-corrected chi connectivity index (χ3v) is 5.66. The number of nitrogens with zero attached hydrogens (tertiary/aromatic N) is 4. The lowest BCUT2D eigenvalue weighted by atomic mass is 9.98. The lowest BCUT2D eigenvalue weighted by molar-refractivity contribution is 0.0995. The van der Waals surface area contributed by atoms with Crippen molar-refractivity contribution in [2.45, 2.75) is 6.92 Å². The molecule has 0 saturated carbocycles. The number of aromatic nitrogens is 4. The van der Waals surface area contributed by atoms with E-state index in [1.807, 2.05) is 6.92 Å². The van der Waals surface area contributed by atoms with Crippen molar-refractivity contribution in [2.24, 2.45) is 14.1 Å². The minimum absolute atomic E-state index is 0.151. The summed E-state index contributed by atoms with van der Waals surface area (Å²) < 4.78 is 3.00. The number of hydrogen-bond acceptors (Lipinski definition) is 5. The van der Waals surface area contributed by atoms with E-state index in [-0.39, 0.29) is 28.3 Å². The molecule has 0 bridgehead atoms. The molecule has 0 spiro atoms. The molecule has 0 fully saturated rings. The van der Waals surface area contributed by atoms with Crippen molar-refractivity contribution < 1.29 is 14.4 Å². The maximum atomic E-state index is 13.2. The molecule has 0 atom stereocenters. The fourth-order valence-corrected chi connectivity index (χ4v) is 3.55. The number of halogens is 1. The Balaban J connectivity index is 1.60. The number of carbonyl (C=O) groups excluding carboxylic acids is 3. The second-order valence-corrected chi connectivity index (χ2v) is 8.02. The van der Waals surface area contributed by atoms with Gasteiger partial charge in [0.2, 0.25) is 0 Å². The zero-order valence-corrected chi connectivity index (χ0v) is 19.4. The minimum Gasteiger partial charge on any atom is -0.319 e. The van der Waals surface area contributed by atoms with Crippen LogP contribution < -0.4 is 10.6 Å². The zero-order chi connectivity index (χ0) is 24.4. The molecule has 2 amide bonds. The van der Waals surface area contributed by atoms with Crippen molar-refractivity contribution in [1.82, 2.24) is 19.6 Å². The van der Waals surface area contributed by atoms with Crippen LogP contribution >= 0.6 is 11.6 Å². The maximum Gasteiger partial charge on any atom is 0.276 e. The quantitative estimate of drug-likeness (QED) is 0.410. The molecule has 0 saturated heterocycles. The van der Waals surface area contributed by atoms with E-state index in [1.165, 1.54) is 10.9 Å². The minimum atomic E-state index is -0.544. The van der Waals surface area contributed by atoms with Gasteiger partial charge in [-0.3, -0.25) is 23.7 Å². The van der Waals surface area contributed by atoms with E-state index in [0.717, 1.165) is 5.69 Å². The molecule has 0 radical (unpaired) electrons. The zero-order valence-electron chi connectivity index (χ0n) is 18.7. The lowest BCUT2D eigenvalue weighted by Crippen LogP contribution is -2.21. The summed E-state index contributed by atoms with van der Waals surface area (Å²) in [6, 6.07) is 12.9. The van der Waals surface area contributed by atoms with Gasteiger partial charge < -0.3 is 10.6 Å². The molecule has 0 unspecified atom stereocenters. The lowest BCUT2D eigenvalue weighted by Gasteiger charge is -2.11. The number of hydrogen-bond donors (Lipinski definition) is 2. The Morgan fingerprint density at radius 2 is 1.38 bits per heavy atom. The molecule has 2 heterocycles. The smallest absolute Gasteiger partial charge is 0.276 e. The summed E-state index contributed by atoms with van der Waals surface area (Å²) in [6.07, 6.45) is 2.92. The van der Waals surface area contributed by atoms with Crippen molar-refractivity contribution in [3.05, 3.63) is 94.0 Å². The van der Waals surface area contributed by atoms with Crippen molar-refractivity contribution >= 4 is 40.6 Å². The summed E-state index contributed by atoms with van der Waals surface area (Å²) in [7, 11) is 3.36. The number of nitrogens with one attached hydrogen (secondary N) is 2. The second-order valence-electron chi connectivity index (χ2n) is 7.59. The Bertz CT molecular complexity index is 1400. The predicted octanol–water partition coefficient (Wildman–Crippen LogP) is 3.85. The van der Waals surface area contributed by atoms with Gasteiger partial charge in [0, 0.05) is 30.2 Å². The van der Waals surface area contributed by atoms with Gasteiger partial charge in [-0.05, 0) is 37.3 Å². The van der Waals surface area contributed by atoms with Crippen LogP contribution in [0.15, 0.2) is 60.9 Å². The van der Waals surface area contributed by atoms with Gasteiger partial charge in [-0.25, -0.2) is 0 Å². The first-order valence-electron chi connectivity index (χ1n) is 10.3. The van der Waals surface area contributed by atoms with Gasteiger partial charge in [0.15, 0.2) is 5.78 Å². The third kappa shape index (κ3) is 4.46. The van der Waals surface area contributed by atoms with E-state index in [0.29, 0.717) is 16.3 Å². The van der Waals surface area contributed by atoms with Crippen LogP contribution in [0.25, 0.3) is 0 Å². The number of carbonyl (C=O) groups is 3. The van der Waals surface area contributed by atoms with Gasteiger partial charge in [0.1, 0.15) is 5.69 Å². The normalized spacial score (nSPS) is 10.7. The van der Waals surface area contributed by atoms with Crippen LogP contribution in [-0.2, 0) is 14.1 Å².